The fourth-order valence-electron chi connectivity index (χ4n) is 4.93. The van der Waals surface area contributed by atoms with Gasteiger partial charge in [0.1, 0.15) is 11.6 Å². The van der Waals surface area contributed by atoms with Crippen molar-refractivity contribution in [3.63, 3.8) is 0 Å². The molecule has 0 radical (unpaired) electrons. The van der Waals surface area contributed by atoms with Gasteiger partial charge in [0.15, 0.2) is 0 Å². The van der Waals surface area contributed by atoms with Gasteiger partial charge in [0.2, 0.25) is 5.91 Å². The largest absolute Gasteiger partial charge is 0.465 e. The number of likely N-dealkylation sites (tertiary alicyclic amines) is 1. The molecule has 37 heavy (non-hydrogen) atoms. The second-order valence-corrected chi connectivity index (χ2v) is 10.7. The zero-order chi connectivity index (χ0) is 26.6. The number of nitrogens with zero attached hydrogens (tertiary/aromatic N) is 1. The van der Waals surface area contributed by atoms with Gasteiger partial charge in [0, 0.05) is 6.42 Å². The Morgan fingerprint density at radius 1 is 1.05 bits per heavy atom. The third-order valence-corrected chi connectivity index (χ3v) is 6.74. The van der Waals surface area contributed by atoms with E-state index in [2.05, 4.69) is 17.4 Å². The van der Waals surface area contributed by atoms with E-state index >= 15 is 0 Å². The van der Waals surface area contributed by atoms with Crippen molar-refractivity contribution in [2.75, 3.05) is 13.7 Å². The van der Waals surface area contributed by atoms with Crippen LogP contribution in [0.4, 0.5) is 4.79 Å². The van der Waals surface area contributed by atoms with Crippen molar-refractivity contribution in [3.8, 4) is 0 Å². The van der Waals surface area contributed by atoms with Gasteiger partial charge in [-0.25, -0.2) is 9.59 Å². The number of aryl methyl sites for hydroxylation is 1. The first-order valence-electron chi connectivity index (χ1n) is 12.8. The molecule has 2 aliphatic rings. The third kappa shape index (κ3) is 6.68. The van der Waals surface area contributed by atoms with Gasteiger partial charge in [-0.3, -0.25) is 9.69 Å². The van der Waals surface area contributed by atoms with E-state index in [0.717, 1.165) is 30.4 Å². The van der Waals surface area contributed by atoms with Gasteiger partial charge in [-0.1, -0.05) is 36.4 Å². The quantitative estimate of drug-likeness (QED) is 0.575. The minimum atomic E-state index is -0.685. The van der Waals surface area contributed by atoms with Crippen molar-refractivity contribution in [3.05, 3.63) is 70.8 Å². The number of amides is 2. The molecule has 3 atom stereocenters. The Morgan fingerprint density at radius 3 is 2.49 bits per heavy atom. The number of methoxy groups -OCH3 is 1. The first-order valence-corrected chi connectivity index (χ1v) is 12.8. The van der Waals surface area contributed by atoms with E-state index in [1.807, 2.05) is 12.1 Å². The number of esters is 1. The van der Waals surface area contributed by atoms with Gasteiger partial charge in [-0.15, -0.1) is 0 Å². The van der Waals surface area contributed by atoms with Crippen molar-refractivity contribution in [1.82, 2.24) is 10.2 Å². The molecule has 0 aromatic heterocycles. The molecule has 1 heterocycles. The monoisotopic (exact) mass is 508 g/mol. The van der Waals surface area contributed by atoms with Gasteiger partial charge in [-0.2, -0.15) is 0 Å². The molecule has 1 N–H and O–H groups in total. The van der Waals surface area contributed by atoms with Crippen LogP contribution in [0.15, 0.2) is 48.5 Å². The van der Waals surface area contributed by atoms with Crippen LogP contribution in [-0.2, 0) is 32.0 Å². The Hall–Kier alpha value is -3.39. The van der Waals surface area contributed by atoms with Crippen LogP contribution < -0.4 is 5.32 Å². The lowest BCUT2D eigenvalue weighted by atomic mass is 9.87. The van der Waals surface area contributed by atoms with E-state index in [1.54, 1.807) is 45.0 Å². The van der Waals surface area contributed by atoms with E-state index in [0.29, 0.717) is 18.6 Å². The van der Waals surface area contributed by atoms with Gasteiger partial charge in [-0.05, 0) is 68.9 Å². The Morgan fingerprint density at radius 2 is 1.78 bits per heavy atom. The first-order chi connectivity index (χ1) is 17.6. The molecule has 0 saturated carbocycles. The highest BCUT2D eigenvalue weighted by atomic mass is 16.6. The molecule has 8 heteroatoms. The van der Waals surface area contributed by atoms with E-state index < -0.39 is 23.7 Å². The molecule has 0 bridgehead atoms. The van der Waals surface area contributed by atoms with Crippen LogP contribution in [0.25, 0.3) is 0 Å². The Balaban J connectivity index is 1.44. The number of benzene rings is 2. The van der Waals surface area contributed by atoms with Crippen LogP contribution in [-0.4, -0.2) is 54.3 Å². The van der Waals surface area contributed by atoms with Crippen molar-refractivity contribution >= 4 is 18.0 Å². The standard InChI is InChI=1S/C29H36N2O6/c1-29(2,3)37-28(34)31-17-22(36-18-19-12-14-21(15-13-19)27(33)35-4)16-25(31)26(32)30-24-11-7-9-20-8-5-6-10-23(20)24/h5-6,8,10,12-15,22,24-25H,7,9,11,16-18H2,1-4H3,(H,30,32)/t22-,24+,25-/m0/s1. The van der Waals surface area contributed by atoms with E-state index in [9.17, 15) is 14.4 Å². The van der Waals surface area contributed by atoms with Crippen LogP contribution in [0.5, 0.6) is 0 Å². The van der Waals surface area contributed by atoms with Crippen LogP contribution in [0, 0.1) is 0 Å². The van der Waals surface area contributed by atoms with E-state index in [-0.39, 0.29) is 24.6 Å². The Bertz CT molecular complexity index is 1120. The SMILES string of the molecule is COC(=O)c1ccc(CO[C@H]2C[C@@H](C(=O)N[C@@H]3CCCc4ccccc43)N(C(=O)OC(C)(C)C)C2)cc1. The van der Waals surface area contributed by atoms with Gasteiger partial charge in [0.05, 0.1) is 38.0 Å². The summed E-state index contributed by atoms with van der Waals surface area (Å²) in [7, 11) is 1.34. The van der Waals surface area contributed by atoms with Crippen molar-refractivity contribution in [1.29, 1.82) is 0 Å². The van der Waals surface area contributed by atoms with E-state index in [1.165, 1.54) is 17.6 Å². The molecule has 2 aromatic carbocycles. The summed E-state index contributed by atoms with van der Waals surface area (Å²) in [5.41, 5.74) is 3.06. The smallest absolute Gasteiger partial charge is 0.411 e. The second-order valence-electron chi connectivity index (χ2n) is 10.7. The molecule has 1 fully saturated rings. The highest BCUT2D eigenvalue weighted by molar-refractivity contribution is 5.89. The molecule has 2 amide bonds. The van der Waals surface area contributed by atoms with Crippen LogP contribution in [0.3, 0.4) is 0 Å². The van der Waals surface area contributed by atoms with Crippen molar-refractivity contribution in [2.24, 2.45) is 0 Å². The summed E-state index contributed by atoms with van der Waals surface area (Å²) < 4.78 is 16.5. The van der Waals surface area contributed by atoms with Crippen molar-refractivity contribution < 1.29 is 28.6 Å². The molecule has 8 nitrogen and oxygen atoms in total. The minimum Gasteiger partial charge on any atom is -0.465 e. The first kappa shape index (κ1) is 26.7. The van der Waals surface area contributed by atoms with Gasteiger partial charge < -0.3 is 19.5 Å². The number of nitrogens with one attached hydrogen (secondary N) is 1. The second kappa shape index (κ2) is 11.3. The summed E-state index contributed by atoms with van der Waals surface area (Å²) in [5, 5.41) is 3.19. The van der Waals surface area contributed by atoms with Gasteiger partial charge >= 0.3 is 12.1 Å². The third-order valence-electron chi connectivity index (χ3n) is 6.74. The molecule has 1 saturated heterocycles. The predicted octanol–water partition coefficient (Wildman–Crippen LogP) is 4.56. The summed E-state index contributed by atoms with van der Waals surface area (Å²) in [5.74, 6) is -0.591. The Labute approximate surface area is 218 Å². The number of rotatable bonds is 6. The number of hydrogen-bond donors (Lipinski definition) is 1. The lowest BCUT2D eigenvalue weighted by Gasteiger charge is -2.30. The fraction of sp³-hybridized carbons (Fsp3) is 0.483. The van der Waals surface area contributed by atoms with Crippen molar-refractivity contribution in [2.45, 2.75) is 76.9 Å². The van der Waals surface area contributed by atoms with E-state index in [4.69, 9.17) is 14.2 Å². The number of fused-ring (bicyclic) bond motifs is 1. The zero-order valence-corrected chi connectivity index (χ0v) is 22.0. The fourth-order valence-corrected chi connectivity index (χ4v) is 4.93. The molecule has 0 unspecified atom stereocenters. The molecule has 0 spiro atoms. The maximum Gasteiger partial charge on any atom is 0.411 e. The summed E-state index contributed by atoms with van der Waals surface area (Å²) in [4.78, 5) is 39.7. The number of carbonyl (C=O) groups is 3. The topological polar surface area (TPSA) is 94.2 Å². The lowest BCUT2D eigenvalue weighted by Crippen LogP contribution is -2.48. The molecule has 4 rings (SSSR count). The van der Waals surface area contributed by atoms with Crippen LogP contribution >= 0.6 is 0 Å². The maximum absolute atomic E-state index is 13.5. The number of hydrogen-bond acceptors (Lipinski definition) is 6. The zero-order valence-electron chi connectivity index (χ0n) is 22.0. The predicted molar refractivity (Wildman–Crippen MR) is 138 cm³/mol. The summed E-state index contributed by atoms with van der Waals surface area (Å²) in [6, 6.07) is 14.4. The van der Waals surface area contributed by atoms with Gasteiger partial charge in [0.25, 0.3) is 0 Å². The van der Waals surface area contributed by atoms with Crippen LogP contribution in [0.2, 0.25) is 0 Å². The highest BCUT2D eigenvalue weighted by Gasteiger charge is 2.42. The maximum atomic E-state index is 13.5. The molecule has 1 aliphatic carbocycles. The molecular formula is C29H36N2O6. The number of ether oxygens (including phenoxy) is 3. The molecule has 198 valence electrons. The Kier molecular flexibility index (Phi) is 8.17. The normalized spacial score (nSPS) is 21.2. The highest BCUT2D eigenvalue weighted by Crippen LogP contribution is 2.31. The summed E-state index contributed by atoms with van der Waals surface area (Å²) >= 11 is 0. The van der Waals surface area contributed by atoms with Crippen LogP contribution in [0.1, 0.15) is 73.1 Å². The minimum absolute atomic E-state index is 0.0776. The number of carbonyl (C=O) groups excluding carboxylic acids is 3. The molecule has 1 aliphatic heterocycles. The lowest BCUT2D eigenvalue weighted by molar-refractivity contribution is -0.126. The molecule has 2 aromatic rings. The average molecular weight is 509 g/mol. The summed E-state index contributed by atoms with van der Waals surface area (Å²) in [6.45, 7) is 5.97. The summed E-state index contributed by atoms with van der Waals surface area (Å²) in [6.07, 6.45) is 2.39. The average Bonchev–Trinajstić information content (AvgIpc) is 3.31. The molecular weight excluding hydrogens is 472 g/mol.